The van der Waals surface area contributed by atoms with Gasteiger partial charge in [0.1, 0.15) is 16.9 Å². The lowest BCUT2D eigenvalue weighted by atomic mass is 10.1. The summed E-state index contributed by atoms with van der Waals surface area (Å²) in [7, 11) is 3.77. The standard InChI is InChI=1S/C19H15NO6/c1-20(2)12-4-3-11-7-14(19(22)26-16(11)8-12)18(21)25-13-5-6-15-17(9-13)24-10-23-15/h3-9H,10H2,1-2H3. The van der Waals surface area contributed by atoms with Gasteiger partial charge in [0.2, 0.25) is 6.79 Å². The number of fused-ring (bicyclic) bond motifs is 2. The molecule has 26 heavy (non-hydrogen) atoms. The van der Waals surface area contributed by atoms with Crippen LogP contribution in [0.15, 0.2) is 51.7 Å². The fraction of sp³-hybridized carbons (Fsp3) is 0.158. The second-order valence-electron chi connectivity index (χ2n) is 5.97. The van der Waals surface area contributed by atoms with E-state index in [0.717, 1.165) is 5.69 Å². The largest absolute Gasteiger partial charge is 0.454 e. The summed E-state index contributed by atoms with van der Waals surface area (Å²) in [6.45, 7) is 0.121. The summed E-state index contributed by atoms with van der Waals surface area (Å²) in [5, 5.41) is 0.632. The number of hydrogen-bond acceptors (Lipinski definition) is 7. The number of esters is 1. The molecular formula is C19H15NO6. The van der Waals surface area contributed by atoms with Crippen molar-refractivity contribution in [3.05, 3.63) is 58.4 Å². The second-order valence-corrected chi connectivity index (χ2v) is 5.97. The van der Waals surface area contributed by atoms with Gasteiger partial charge in [-0.15, -0.1) is 0 Å². The molecule has 4 rings (SSSR count). The molecule has 0 aliphatic carbocycles. The minimum Gasteiger partial charge on any atom is -0.454 e. The quantitative estimate of drug-likeness (QED) is 0.407. The normalized spacial score (nSPS) is 12.2. The van der Waals surface area contributed by atoms with Gasteiger partial charge in [0.05, 0.1) is 0 Å². The predicted molar refractivity (Wildman–Crippen MR) is 94.3 cm³/mol. The Bertz CT molecular complexity index is 1070. The summed E-state index contributed by atoms with van der Waals surface area (Å²) >= 11 is 0. The molecule has 7 nitrogen and oxygen atoms in total. The minimum absolute atomic E-state index is 0.121. The molecule has 0 saturated heterocycles. The molecule has 3 aromatic rings. The third kappa shape index (κ3) is 2.83. The van der Waals surface area contributed by atoms with Crippen molar-refractivity contribution in [3.8, 4) is 17.2 Å². The molecule has 1 aliphatic heterocycles. The van der Waals surface area contributed by atoms with Gasteiger partial charge in [0, 0.05) is 37.3 Å². The van der Waals surface area contributed by atoms with Crippen molar-refractivity contribution in [1.82, 2.24) is 0 Å². The van der Waals surface area contributed by atoms with Crippen LogP contribution >= 0.6 is 0 Å². The molecule has 0 unspecified atom stereocenters. The van der Waals surface area contributed by atoms with Gasteiger partial charge >= 0.3 is 11.6 Å². The number of hydrogen-bond donors (Lipinski definition) is 0. The maximum atomic E-state index is 12.4. The van der Waals surface area contributed by atoms with E-state index in [9.17, 15) is 9.59 Å². The lowest BCUT2D eigenvalue weighted by Gasteiger charge is -2.12. The monoisotopic (exact) mass is 353 g/mol. The first-order valence-electron chi connectivity index (χ1n) is 7.88. The summed E-state index contributed by atoms with van der Waals surface area (Å²) in [6, 6.07) is 11.6. The van der Waals surface area contributed by atoms with Crippen LogP contribution in [0.5, 0.6) is 17.2 Å². The lowest BCUT2D eigenvalue weighted by Crippen LogP contribution is -2.18. The number of nitrogens with zero attached hydrogens (tertiary/aromatic N) is 1. The zero-order valence-corrected chi connectivity index (χ0v) is 14.1. The van der Waals surface area contributed by atoms with Crippen molar-refractivity contribution in [2.75, 3.05) is 25.8 Å². The Morgan fingerprint density at radius 2 is 1.85 bits per heavy atom. The van der Waals surface area contributed by atoms with E-state index < -0.39 is 11.6 Å². The number of ether oxygens (including phenoxy) is 3. The van der Waals surface area contributed by atoms with Crippen LogP contribution < -0.4 is 24.7 Å². The zero-order valence-electron chi connectivity index (χ0n) is 14.1. The molecule has 0 radical (unpaired) electrons. The van der Waals surface area contributed by atoms with Crippen LogP contribution in [0.3, 0.4) is 0 Å². The molecule has 0 N–H and O–H groups in total. The Balaban J connectivity index is 1.65. The SMILES string of the molecule is CN(C)c1ccc2cc(C(=O)Oc3ccc4c(c3)OCO4)c(=O)oc2c1. The third-order valence-corrected chi connectivity index (χ3v) is 4.01. The number of anilines is 1. The first-order valence-corrected chi connectivity index (χ1v) is 7.88. The highest BCUT2D eigenvalue weighted by Gasteiger charge is 2.19. The van der Waals surface area contributed by atoms with Crippen LogP contribution in [0, 0.1) is 0 Å². The van der Waals surface area contributed by atoms with Crippen molar-refractivity contribution in [3.63, 3.8) is 0 Å². The molecule has 1 aliphatic rings. The van der Waals surface area contributed by atoms with E-state index in [1.54, 1.807) is 24.3 Å². The summed E-state index contributed by atoms with van der Waals surface area (Å²) in [5.74, 6) is 0.515. The summed E-state index contributed by atoms with van der Waals surface area (Å²) in [4.78, 5) is 26.5. The van der Waals surface area contributed by atoms with Crippen LogP contribution in [-0.2, 0) is 0 Å². The molecule has 0 fully saturated rings. The highest BCUT2D eigenvalue weighted by molar-refractivity contribution is 5.94. The van der Waals surface area contributed by atoms with Gasteiger partial charge in [0.15, 0.2) is 11.5 Å². The van der Waals surface area contributed by atoms with Gasteiger partial charge in [-0.25, -0.2) is 9.59 Å². The van der Waals surface area contributed by atoms with Gasteiger partial charge in [-0.2, -0.15) is 0 Å². The maximum absolute atomic E-state index is 12.4. The van der Waals surface area contributed by atoms with Crippen molar-refractivity contribution in [1.29, 1.82) is 0 Å². The Hall–Kier alpha value is -3.48. The highest BCUT2D eigenvalue weighted by atomic mass is 16.7. The number of carbonyl (C=O) groups excluding carboxylic acids is 1. The Labute approximate surface area is 148 Å². The third-order valence-electron chi connectivity index (χ3n) is 4.01. The average molecular weight is 353 g/mol. The van der Waals surface area contributed by atoms with Crippen LogP contribution in [0.2, 0.25) is 0 Å². The molecule has 0 amide bonds. The van der Waals surface area contributed by atoms with Crippen molar-refractivity contribution >= 4 is 22.6 Å². The van der Waals surface area contributed by atoms with Gasteiger partial charge in [-0.1, -0.05) is 0 Å². The fourth-order valence-electron chi connectivity index (χ4n) is 2.62. The molecule has 132 valence electrons. The molecule has 0 bridgehead atoms. The Morgan fingerprint density at radius 3 is 2.65 bits per heavy atom. The molecule has 0 atom stereocenters. The molecular weight excluding hydrogens is 338 g/mol. The zero-order chi connectivity index (χ0) is 18.3. The van der Waals surface area contributed by atoms with Crippen LogP contribution in [0.25, 0.3) is 11.0 Å². The molecule has 1 aromatic heterocycles. The second kappa shape index (κ2) is 6.11. The Kier molecular flexibility index (Phi) is 3.76. The van der Waals surface area contributed by atoms with E-state index in [0.29, 0.717) is 22.5 Å². The Morgan fingerprint density at radius 1 is 1.04 bits per heavy atom. The van der Waals surface area contributed by atoms with Crippen LogP contribution in [0.4, 0.5) is 5.69 Å². The van der Waals surface area contributed by atoms with E-state index in [4.69, 9.17) is 18.6 Å². The van der Waals surface area contributed by atoms with Crippen molar-refractivity contribution in [2.24, 2.45) is 0 Å². The number of carbonyl (C=O) groups is 1. The van der Waals surface area contributed by atoms with Crippen molar-refractivity contribution < 1.29 is 23.4 Å². The van der Waals surface area contributed by atoms with Gasteiger partial charge in [-0.05, 0) is 30.3 Å². The van der Waals surface area contributed by atoms with Gasteiger partial charge in [-0.3, -0.25) is 0 Å². The van der Waals surface area contributed by atoms with E-state index >= 15 is 0 Å². The van der Waals surface area contributed by atoms with Crippen LogP contribution in [-0.4, -0.2) is 26.9 Å². The van der Waals surface area contributed by atoms with Crippen LogP contribution in [0.1, 0.15) is 10.4 Å². The summed E-state index contributed by atoms with van der Waals surface area (Å²) in [6.07, 6.45) is 0. The maximum Gasteiger partial charge on any atom is 0.351 e. The molecule has 7 heteroatoms. The van der Waals surface area contributed by atoms with E-state index in [1.165, 1.54) is 12.1 Å². The first-order chi connectivity index (χ1) is 12.5. The number of benzene rings is 2. The van der Waals surface area contributed by atoms with E-state index in [1.807, 2.05) is 25.1 Å². The smallest absolute Gasteiger partial charge is 0.351 e. The van der Waals surface area contributed by atoms with E-state index in [-0.39, 0.29) is 18.1 Å². The first kappa shape index (κ1) is 16.0. The van der Waals surface area contributed by atoms with Gasteiger partial charge in [0.25, 0.3) is 0 Å². The van der Waals surface area contributed by atoms with E-state index in [2.05, 4.69) is 0 Å². The highest BCUT2D eigenvalue weighted by Crippen LogP contribution is 2.35. The fourth-order valence-corrected chi connectivity index (χ4v) is 2.62. The summed E-state index contributed by atoms with van der Waals surface area (Å²) in [5.41, 5.74) is 0.365. The topological polar surface area (TPSA) is 78.2 Å². The average Bonchev–Trinajstić information content (AvgIpc) is 3.08. The molecule has 2 heterocycles. The molecule has 0 spiro atoms. The predicted octanol–water partition coefficient (Wildman–Crippen LogP) is 2.81. The minimum atomic E-state index is -0.795. The number of rotatable bonds is 3. The molecule has 2 aromatic carbocycles. The lowest BCUT2D eigenvalue weighted by molar-refractivity contribution is 0.0730. The summed E-state index contributed by atoms with van der Waals surface area (Å²) < 4.78 is 21.0. The van der Waals surface area contributed by atoms with Gasteiger partial charge < -0.3 is 23.5 Å². The van der Waals surface area contributed by atoms with Crippen molar-refractivity contribution in [2.45, 2.75) is 0 Å². The molecule has 0 saturated carbocycles.